The van der Waals surface area contributed by atoms with Gasteiger partial charge in [0.1, 0.15) is 0 Å². The Morgan fingerprint density at radius 1 is 1.05 bits per heavy atom. The van der Waals surface area contributed by atoms with Crippen molar-refractivity contribution in [2.75, 3.05) is 18.5 Å². The fourth-order valence-corrected chi connectivity index (χ4v) is 3.19. The summed E-state index contributed by atoms with van der Waals surface area (Å²) in [6.07, 6.45) is 7.63. The minimum Gasteiger partial charge on any atom is -0.372 e. The van der Waals surface area contributed by atoms with Crippen LogP contribution in [0.3, 0.4) is 0 Å². The van der Waals surface area contributed by atoms with Gasteiger partial charge in [-0.2, -0.15) is 0 Å². The van der Waals surface area contributed by atoms with Gasteiger partial charge in [0.25, 0.3) is 0 Å². The summed E-state index contributed by atoms with van der Waals surface area (Å²) in [6, 6.07) is 10.5. The summed E-state index contributed by atoms with van der Waals surface area (Å²) < 4.78 is 0. The molecule has 1 aromatic rings. The third-order valence-corrected chi connectivity index (χ3v) is 4.68. The van der Waals surface area contributed by atoms with E-state index in [4.69, 9.17) is 0 Å². The number of benzene rings is 1. The van der Waals surface area contributed by atoms with E-state index in [1.54, 1.807) is 0 Å². The lowest BCUT2D eigenvalue weighted by Crippen LogP contribution is -2.41. The number of nitrogens with zero attached hydrogens (tertiary/aromatic N) is 1. The fraction of sp³-hybridized carbons (Fsp3) is 0.667. The van der Waals surface area contributed by atoms with Gasteiger partial charge in [-0.15, -0.1) is 0 Å². The third-order valence-electron chi connectivity index (χ3n) is 4.68. The topological polar surface area (TPSA) is 15.3 Å². The first-order chi connectivity index (χ1) is 9.74. The zero-order valence-corrected chi connectivity index (χ0v) is 13.4. The van der Waals surface area contributed by atoms with Crippen molar-refractivity contribution in [2.24, 2.45) is 0 Å². The smallest absolute Gasteiger partial charge is 0.0366 e. The molecule has 1 aromatic carbocycles. The van der Waals surface area contributed by atoms with Gasteiger partial charge >= 0.3 is 0 Å². The first-order valence-corrected chi connectivity index (χ1v) is 8.29. The quantitative estimate of drug-likeness (QED) is 0.843. The number of hydrogen-bond acceptors (Lipinski definition) is 2. The van der Waals surface area contributed by atoms with E-state index in [9.17, 15) is 0 Å². The average Bonchev–Trinajstić information content (AvgIpc) is 2.53. The molecule has 1 aliphatic rings. The normalized spacial score (nSPS) is 22.8. The van der Waals surface area contributed by atoms with E-state index in [0.29, 0.717) is 6.04 Å². The first kappa shape index (κ1) is 15.4. The van der Waals surface area contributed by atoms with E-state index in [0.717, 1.165) is 12.5 Å². The minimum atomic E-state index is 0.710. The summed E-state index contributed by atoms with van der Waals surface area (Å²) in [7, 11) is 2.26. The van der Waals surface area contributed by atoms with Crippen molar-refractivity contribution in [3.63, 3.8) is 0 Å². The lowest BCUT2D eigenvalue weighted by atomic mass is 9.90. The number of anilines is 1. The maximum atomic E-state index is 3.67. The van der Waals surface area contributed by atoms with Gasteiger partial charge in [0.2, 0.25) is 0 Å². The SMILES string of the molecule is CCCNC1CCC(N(C)c2ccc(CC)cc2)CC1. The van der Waals surface area contributed by atoms with Gasteiger partial charge in [-0.05, 0) is 62.8 Å². The summed E-state index contributed by atoms with van der Waals surface area (Å²) >= 11 is 0. The molecule has 2 heteroatoms. The van der Waals surface area contributed by atoms with E-state index in [1.165, 1.54) is 49.9 Å². The zero-order chi connectivity index (χ0) is 14.4. The Bertz CT molecular complexity index is 377. The van der Waals surface area contributed by atoms with Crippen LogP contribution in [-0.4, -0.2) is 25.7 Å². The first-order valence-electron chi connectivity index (χ1n) is 8.29. The van der Waals surface area contributed by atoms with E-state index < -0.39 is 0 Å². The molecular formula is C18H30N2. The van der Waals surface area contributed by atoms with Crippen molar-refractivity contribution in [1.82, 2.24) is 5.32 Å². The Labute approximate surface area is 124 Å². The van der Waals surface area contributed by atoms with Crippen molar-refractivity contribution in [3.8, 4) is 0 Å². The van der Waals surface area contributed by atoms with Crippen LogP contribution in [-0.2, 0) is 6.42 Å². The fourth-order valence-electron chi connectivity index (χ4n) is 3.19. The van der Waals surface area contributed by atoms with Crippen molar-refractivity contribution >= 4 is 5.69 Å². The molecule has 0 bridgehead atoms. The molecule has 20 heavy (non-hydrogen) atoms. The van der Waals surface area contributed by atoms with E-state index in [1.807, 2.05) is 0 Å². The van der Waals surface area contributed by atoms with Crippen LogP contribution in [0.25, 0.3) is 0 Å². The maximum Gasteiger partial charge on any atom is 0.0366 e. The van der Waals surface area contributed by atoms with Crippen LogP contribution in [0.4, 0.5) is 5.69 Å². The van der Waals surface area contributed by atoms with Gasteiger partial charge in [-0.3, -0.25) is 0 Å². The maximum absolute atomic E-state index is 3.67. The molecule has 1 aliphatic carbocycles. The Balaban J connectivity index is 1.85. The van der Waals surface area contributed by atoms with Crippen LogP contribution in [0.15, 0.2) is 24.3 Å². The van der Waals surface area contributed by atoms with Crippen LogP contribution < -0.4 is 10.2 Å². The predicted octanol–water partition coefficient (Wildman–Crippen LogP) is 4.00. The van der Waals surface area contributed by atoms with Crippen LogP contribution >= 0.6 is 0 Å². The van der Waals surface area contributed by atoms with Crippen LogP contribution in [0.2, 0.25) is 0 Å². The second-order valence-electron chi connectivity index (χ2n) is 6.09. The number of rotatable bonds is 6. The van der Waals surface area contributed by atoms with Gasteiger partial charge in [-0.25, -0.2) is 0 Å². The zero-order valence-electron chi connectivity index (χ0n) is 13.4. The molecule has 0 atom stereocenters. The molecule has 0 saturated heterocycles. The molecule has 0 aromatic heterocycles. The van der Waals surface area contributed by atoms with Gasteiger partial charge in [0, 0.05) is 24.8 Å². The summed E-state index contributed by atoms with van der Waals surface area (Å²) in [6.45, 7) is 5.62. The molecule has 0 heterocycles. The molecule has 1 saturated carbocycles. The molecule has 1 N–H and O–H groups in total. The van der Waals surface area contributed by atoms with Crippen LogP contribution in [0.1, 0.15) is 51.5 Å². The van der Waals surface area contributed by atoms with E-state index in [2.05, 4.69) is 55.4 Å². The second-order valence-corrected chi connectivity index (χ2v) is 6.09. The minimum absolute atomic E-state index is 0.710. The Kier molecular flexibility index (Phi) is 5.90. The Morgan fingerprint density at radius 3 is 2.25 bits per heavy atom. The summed E-state index contributed by atoms with van der Waals surface area (Å²) in [5.41, 5.74) is 2.79. The molecule has 0 unspecified atom stereocenters. The largest absolute Gasteiger partial charge is 0.372 e. The summed E-state index contributed by atoms with van der Waals surface area (Å²) in [5.74, 6) is 0. The molecule has 0 spiro atoms. The lowest BCUT2D eigenvalue weighted by Gasteiger charge is -2.36. The van der Waals surface area contributed by atoms with Crippen molar-refractivity contribution < 1.29 is 0 Å². The van der Waals surface area contributed by atoms with Gasteiger partial charge in [0.15, 0.2) is 0 Å². The van der Waals surface area contributed by atoms with Gasteiger partial charge < -0.3 is 10.2 Å². The molecular weight excluding hydrogens is 244 g/mol. The number of nitrogens with one attached hydrogen (secondary N) is 1. The van der Waals surface area contributed by atoms with E-state index in [-0.39, 0.29) is 0 Å². The highest BCUT2D eigenvalue weighted by Crippen LogP contribution is 2.26. The highest BCUT2D eigenvalue weighted by molar-refractivity contribution is 5.47. The molecule has 0 amide bonds. The highest BCUT2D eigenvalue weighted by Gasteiger charge is 2.23. The highest BCUT2D eigenvalue weighted by atomic mass is 15.1. The molecule has 2 rings (SSSR count). The number of hydrogen-bond donors (Lipinski definition) is 1. The summed E-state index contributed by atoms with van der Waals surface area (Å²) in [4.78, 5) is 2.48. The molecule has 112 valence electrons. The van der Waals surface area contributed by atoms with E-state index >= 15 is 0 Å². The molecule has 0 radical (unpaired) electrons. The monoisotopic (exact) mass is 274 g/mol. The Hall–Kier alpha value is -1.02. The standard InChI is InChI=1S/C18H30N2/c1-4-14-19-16-8-12-18(13-9-16)20(3)17-10-6-15(5-2)7-11-17/h6-7,10-11,16,18-19H,4-5,8-9,12-14H2,1-3H3. The number of aryl methyl sites for hydroxylation is 1. The van der Waals surface area contributed by atoms with Crippen molar-refractivity contribution in [1.29, 1.82) is 0 Å². The third kappa shape index (κ3) is 3.99. The summed E-state index contributed by atoms with van der Waals surface area (Å²) in [5, 5.41) is 3.67. The molecule has 1 fully saturated rings. The van der Waals surface area contributed by atoms with Gasteiger partial charge in [0.05, 0.1) is 0 Å². The van der Waals surface area contributed by atoms with Crippen molar-refractivity contribution in [2.45, 2.75) is 64.5 Å². The average molecular weight is 274 g/mol. The van der Waals surface area contributed by atoms with Crippen LogP contribution in [0, 0.1) is 0 Å². The lowest BCUT2D eigenvalue weighted by molar-refractivity contribution is 0.337. The van der Waals surface area contributed by atoms with Crippen LogP contribution in [0.5, 0.6) is 0 Å². The predicted molar refractivity (Wildman–Crippen MR) is 88.6 cm³/mol. The molecule has 0 aliphatic heterocycles. The molecule has 2 nitrogen and oxygen atoms in total. The van der Waals surface area contributed by atoms with Crippen molar-refractivity contribution in [3.05, 3.63) is 29.8 Å². The Morgan fingerprint density at radius 2 is 1.70 bits per heavy atom. The van der Waals surface area contributed by atoms with Gasteiger partial charge in [-0.1, -0.05) is 26.0 Å². The second kappa shape index (κ2) is 7.68.